The van der Waals surface area contributed by atoms with E-state index in [0.717, 1.165) is 16.4 Å². The summed E-state index contributed by atoms with van der Waals surface area (Å²) in [7, 11) is 1.63. The number of ether oxygens (including phenoxy) is 1. The Morgan fingerprint density at radius 3 is 2.67 bits per heavy atom. The van der Waals surface area contributed by atoms with E-state index in [9.17, 15) is 4.79 Å². The molecule has 0 aliphatic heterocycles. The van der Waals surface area contributed by atoms with Gasteiger partial charge in [0.15, 0.2) is 0 Å². The van der Waals surface area contributed by atoms with Crippen LogP contribution in [0.3, 0.4) is 0 Å². The Kier molecular flexibility index (Phi) is 6.60. The van der Waals surface area contributed by atoms with Gasteiger partial charge in [0.05, 0.1) is 13.2 Å². The highest BCUT2D eigenvalue weighted by Crippen LogP contribution is 2.21. The first-order valence-electron chi connectivity index (χ1n) is 5.83. The van der Waals surface area contributed by atoms with Crippen molar-refractivity contribution < 1.29 is 14.6 Å². The molecule has 1 rings (SSSR count). The molecular formula is C13H19NO3S. The van der Waals surface area contributed by atoms with E-state index < -0.39 is 6.10 Å². The van der Waals surface area contributed by atoms with Crippen molar-refractivity contribution in [3.63, 3.8) is 0 Å². The average Bonchev–Trinajstić information content (AvgIpc) is 2.37. The van der Waals surface area contributed by atoms with Crippen LogP contribution in [0.15, 0.2) is 29.2 Å². The summed E-state index contributed by atoms with van der Waals surface area (Å²) < 4.78 is 5.07. The molecule has 0 aromatic heterocycles. The van der Waals surface area contributed by atoms with E-state index in [1.165, 1.54) is 0 Å². The van der Waals surface area contributed by atoms with Crippen LogP contribution in [0.4, 0.5) is 0 Å². The van der Waals surface area contributed by atoms with Crippen LogP contribution in [0.2, 0.25) is 0 Å². The lowest BCUT2D eigenvalue weighted by atomic mass is 10.3. The van der Waals surface area contributed by atoms with E-state index in [4.69, 9.17) is 9.84 Å². The fraction of sp³-hybridized carbons (Fsp3) is 0.462. The monoisotopic (exact) mass is 269 g/mol. The lowest BCUT2D eigenvalue weighted by molar-refractivity contribution is -0.121. The summed E-state index contributed by atoms with van der Waals surface area (Å²) >= 11 is 1.62. The van der Waals surface area contributed by atoms with E-state index in [2.05, 4.69) is 5.32 Å². The van der Waals surface area contributed by atoms with Gasteiger partial charge in [-0.2, -0.15) is 0 Å². The molecule has 2 N–H and O–H groups in total. The topological polar surface area (TPSA) is 58.6 Å². The number of rotatable bonds is 7. The molecule has 0 spiro atoms. The highest BCUT2D eigenvalue weighted by molar-refractivity contribution is 7.99. The Morgan fingerprint density at radius 1 is 1.44 bits per heavy atom. The van der Waals surface area contributed by atoms with Crippen molar-refractivity contribution in [1.29, 1.82) is 0 Å². The molecule has 5 heteroatoms. The maximum Gasteiger partial charge on any atom is 0.220 e. The minimum absolute atomic E-state index is 0.0306. The molecule has 1 atom stereocenters. The number of aliphatic hydroxyl groups excluding tert-OH is 1. The lowest BCUT2D eigenvalue weighted by Gasteiger charge is -2.07. The number of thioether (sulfide) groups is 1. The molecule has 0 aliphatic carbocycles. The number of carbonyl (C=O) groups is 1. The summed E-state index contributed by atoms with van der Waals surface area (Å²) in [6, 6.07) is 7.74. The van der Waals surface area contributed by atoms with Crippen molar-refractivity contribution in [2.45, 2.75) is 24.3 Å². The fourth-order valence-electron chi connectivity index (χ4n) is 1.28. The number of aliphatic hydroxyl groups is 1. The third kappa shape index (κ3) is 5.93. The van der Waals surface area contributed by atoms with Gasteiger partial charge in [0.1, 0.15) is 5.75 Å². The molecule has 0 aliphatic rings. The molecule has 0 radical (unpaired) electrons. The molecule has 0 saturated carbocycles. The van der Waals surface area contributed by atoms with Gasteiger partial charge in [-0.25, -0.2) is 0 Å². The largest absolute Gasteiger partial charge is 0.497 e. The van der Waals surface area contributed by atoms with Gasteiger partial charge in [0.2, 0.25) is 5.91 Å². The zero-order chi connectivity index (χ0) is 13.4. The number of hydrogen-bond acceptors (Lipinski definition) is 4. The second-order valence-electron chi connectivity index (χ2n) is 3.93. The predicted octanol–water partition coefficient (Wildman–Crippen LogP) is 1.67. The van der Waals surface area contributed by atoms with E-state index in [1.54, 1.807) is 25.8 Å². The summed E-state index contributed by atoms with van der Waals surface area (Å²) in [5.41, 5.74) is 0. The van der Waals surface area contributed by atoms with E-state index >= 15 is 0 Å². The Hall–Kier alpha value is -1.20. The van der Waals surface area contributed by atoms with Gasteiger partial charge in [-0.15, -0.1) is 11.8 Å². The highest BCUT2D eigenvalue weighted by Gasteiger charge is 2.03. The minimum Gasteiger partial charge on any atom is -0.497 e. The number of benzene rings is 1. The number of nitrogens with one attached hydrogen (secondary N) is 1. The van der Waals surface area contributed by atoms with Crippen molar-refractivity contribution in [2.75, 3.05) is 19.4 Å². The average molecular weight is 269 g/mol. The zero-order valence-electron chi connectivity index (χ0n) is 10.7. The Morgan fingerprint density at radius 2 is 2.11 bits per heavy atom. The van der Waals surface area contributed by atoms with Gasteiger partial charge in [-0.3, -0.25) is 4.79 Å². The van der Waals surface area contributed by atoms with Gasteiger partial charge >= 0.3 is 0 Å². The van der Waals surface area contributed by atoms with E-state index in [-0.39, 0.29) is 5.91 Å². The second-order valence-corrected chi connectivity index (χ2v) is 5.10. The van der Waals surface area contributed by atoms with Crippen LogP contribution in [0.25, 0.3) is 0 Å². The molecular weight excluding hydrogens is 250 g/mol. The molecule has 0 bridgehead atoms. The molecule has 1 unspecified atom stereocenters. The number of amides is 1. The number of hydrogen-bond donors (Lipinski definition) is 2. The summed E-state index contributed by atoms with van der Waals surface area (Å²) in [5, 5.41) is 11.7. The molecule has 18 heavy (non-hydrogen) atoms. The molecule has 4 nitrogen and oxygen atoms in total. The summed E-state index contributed by atoms with van der Waals surface area (Å²) in [5.74, 6) is 1.52. The first kappa shape index (κ1) is 14.9. The van der Waals surface area contributed by atoms with Gasteiger partial charge in [-0.1, -0.05) is 0 Å². The normalized spacial score (nSPS) is 11.9. The van der Waals surface area contributed by atoms with Crippen LogP contribution in [0.5, 0.6) is 5.75 Å². The quantitative estimate of drug-likeness (QED) is 0.739. The van der Waals surface area contributed by atoms with Crippen LogP contribution in [0.1, 0.15) is 13.3 Å². The maximum absolute atomic E-state index is 11.4. The van der Waals surface area contributed by atoms with Gasteiger partial charge in [-0.05, 0) is 31.2 Å². The van der Waals surface area contributed by atoms with E-state index in [0.29, 0.717) is 13.0 Å². The highest BCUT2D eigenvalue weighted by atomic mass is 32.2. The zero-order valence-corrected chi connectivity index (χ0v) is 11.5. The Bertz CT molecular complexity index is 365. The first-order chi connectivity index (χ1) is 8.61. The van der Waals surface area contributed by atoms with Crippen LogP contribution < -0.4 is 10.1 Å². The number of carbonyl (C=O) groups excluding carboxylic acids is 1. The predicted molar refractivity (Wildman–Crippen MR) is 73.0 cm³/mol. The molecule has 1 aromatic rings. The van der Waals surface area contributed by atoms with Gasteiger partial charge in [0, 0.05) is 23.6 Å². The van der Waals surface area contributed by atoms with Crippen LogP contribution in [-0.4, -0.2) is 36.5 Å². The maximum atomic E-state index is 11.4. The molecule has 100 valence electrons. The van der Waals surface area contributed by atoms with Crippen molar-refractivity contribution in [2.24, 2.45) is 0 Å². The second kappa shape index (κ2) is 8.00. The van der Waals surface area contributed by atoms with Crippen molar-refractivity contribution in [1.82, 2.24) is 5.32 Å². The SMILES string of the molecule is COc1ccc(SCCC(=O)NCC(C)O)cc1. The third-order valence-corrected chi connectivity index (χ3v) is 3.27. The summed E-state index contributed by atoms with van der Waals surface area (Å²) in [4.78, 5) is 12.5. The van der Waals surface area contributed by atoms with Gasteiger partial charge < -0.3 is 15.2 Å². The molecule has 1 amide bonds. The third-order valence-electron chi connectivity index (χ3n) is 2.25. The summed E-state index contributed by atoms with van der Waals surface area (Å²) in [6.45, 7) is 1.96. The molecule has 1 aromatic carbocycles. The van der Waals surface area contributed by atoms with Crippen LogP contribution >= 0.6 is 11.8 Å². The van der Waals surface area contributed by atoms with Crippen LogP contribution in [0, 0.1) is 0 Å². The first-order valence-corrected chi connectivity index (χ1v) is 6.82. The van der Waals surface area contributed by atoms with E-state index in [1.807, 2.05) is 24.3 Å². The Balaban J connectivity index is 2.22. The minimum atomic E-state index is -0.497. The molecule has 0 heterocycles. The molecule has 0 saturated heterocycles. The standard InChI is InChI=1S/C13H19NO3S/c1-10(15)9-14-13(16)7-8-18-12-5-3-11(17-2)4-6-12/h3-6,10,15H,7-9H2,1-2H3,(H,14,16). The number of methoxy groups -OCH3 is 1. The Labute approximate surface area is 112 Å². The van der Waals surface area contributed by atoms with Crippen molar-refractivity contribution >= 4 is 17.7 Å². The smallest absolute Gasteiger partial charge is 0.220 e. The van der Waals surface area contributed by atoms with Crippen LogP contribution in [-0.2, 0) is 4.79 Å². The molecule has 0 fully saturated rings. The lowest BCUT2D eigenvalue weighted by Crippen LogP contribution is -2.30. The van der Waals surface area contributed by atoms with Crippen molar-refractivity contribution in [3.8, 4) is 5.75 Å². The summed E-state index contributed by atoms with van der Waals surface area (Å²) in [6.07, 6.45) is -0.0492. The van der Waals surface area contributed by atoms with Gasteiger partial charge in [0.25, 0.3) is 0 Å². The van der Waals surface area contributed by atoms with Crippen molar-refractivity contribution in [3.05, 3.63) is 24.3 Å². The fourth-order valence-corrected chi connectivity index (χ4v) is 2.14.